The van der Waals surface area contributed by atoms with Crippen LogP contribution in [0.15, 0.2) is 54.7 Å². The molecule has 0 atom stereocenters. The maximum atomic E-state index is 12.7. The van der Waals surface area contributed by atoms with Crippen LogP contribution in [0.1, 0.15) is 36.2 Å². The lowest BCUT2D eigenvalue weighted by atomic mass is 10.1. The number of fused-ring (bicyclic) bond motifs is 1. The van der Waals surface area contributed by atoms with Crippen LogP contribution >= 0.6 is 22.9 Å². The second-order valence-electron chi connectivity index (χ2n) is 6.55. The number of carbonyl (C=O) groups excluding carboxylic acids is 2. The molecule has 0 spiro atoms. The minimum Gasteiger partial charge on any atom is -0.346 e. The number of halogens is 1. The zero-order valence-corrected chi connectivity index (χ0v) is 16.6. The molecule has 0 bridgehead atoms. The molecule has 142 valence electrons. The fourth-order valence-electron chi connectivity index (χ4n) is 3.15. The van der Waals surface area contributed by atoms with Crippen molar-refractivity contribution in [1.82, 2.24) is 15.2 Å². The molecule has 7 heteroatoms. The van der Waals surface area contributed by atoms with E-state index in [0.29, 0.717) is 35.1 Å². The van der Waals surface area contributed by atoms with Gasteiger partial charge in [0.05, 0.1) is 17.1 Å². The number of amides is 2. The molecule has 3 heterocycles. The first kappa shape index (κ1) is 18.7. The largest absolute Gasteiger partial charge is 0.346 e. The van der Waals surface area contributed by atoms with Gasteiger partial charge in [0.15, 0.2) is 0 Å². The third kappa shape index (κ3) is 4.08. The molecule has 0 saturated heterocycles. The van der Waals surface area contributed by atoms with Gasteiger partial charge < -0.3 is 10.2 Å². The topological polar surface area (TPSA) is 62.3 Å². The smallest absolute Gasteiger partial charge is 0.261 e. The Bertz CT molecular complexity index is 1000. The number of pyridine rings is 1. The standard InChI is InChI=1S/C21H18ClN3O2S/c22-16-6-4-14(5-7-16)21(27)25-10-8-18-15(13-25)11-19(28-18)20(26)24-12-17-3-1-2-9-23-17/h1-7,9,11H,8,10,12-13H2,(H,24,26). The third-order valence-corrected chi connectivity index (χ3v) is 6.11. The average Bonchev–Trinajstić information content (AvgIpc) is 3.16. The van der Waals surface area contributed by atoms with Gasteiger partial charge in [-0.2, -0.15) is 0 Å². The molecule has 0 fully saturated rings. The number of nitrogens with zero attached hydrogens (tertiary/aromatic N) is 2. The van der Waals surface area contributed by atoms with E-state index in [0.717, 1.165) is 17.7 Å². The minimum absolute atomic E-state index is 0.0188. The van der Waals surface area contributed by atoms with E-state index in [1.165, 1.54) is 16.2 Å². The molecular weight excluding hydrogens is 394 g/mol. The zero-order chi connectivity index (χ0) is 19.5. The van der Waals surface area contributed by atoms with Gasteiger partial charge in [0.1, 0.15) is 0 Å². The number of thiophene rings is 1. The Morgan fingerprint density at radius 3 is 2.75 bits per heavy atom. The number of nitrogens with one attached hydrogen (secondary N) is 1. The number of carbonyl (C=O) groups is 2. The molecule has 2 aromatic heterocycles. The van der Waals surface area contributed by atoms with Crippen molar-refractivity contribution >= 4 is 34.8 Å². The Morgan fingerprint density at radius 2 is 2.00 bits per heavy atom. The summed E-state index contributed by atoms with van der Waals surface area (Å²) in [6.45, 7) is 1.55. The first-order valence-corrected chi connectivity index (χ1v) is 10.1. The summed E-state index contributed by atoms with van der Waals surface area (Å²) in [5.74, 6) is -0.129. The summed E-state index contributed by atoms with van der Waals surface area (Å²) in [6.07, 6.45) is 2.46. The van der Waals surface area contributed by atoms with Crippen molar-refractivity contribution in [2.75, 3.05) is 6.54 Å². The van der Waals surface area contributed by atoms with Crippen LogP contribution in [-0.2, 0) is 19.5 Å². The van der Waals surface area contributed by atoms with Crippen LogP contribution < -0.4 is 5.32 Å². The van der Waals surface area contributed by atoms with E-state index in [1.807, 2.05) is 29.2 Å². The quantitative estimate of drug-likeness (QED) is 0.707. The summed E-state index contributed by atoms with van der Waals surface area (Å²) >= 11 is 7.40. The summed E-state index contributed by atoms with van der Waals surface area (Å²) in [7, 11) is 0. The van der Waals surface area contributed by atoms with Gasteiger partial charge in [-0.15, -0.1) is 11.3 Å². The summed E-state index contributed by atoms with van der Waals surface area (Å²) < 4.78 is 0. The summed E-state index contributed by atoms with van der Waals surface area (Å²) in [5.41, 5.74) is 2.48. The van der Waals surface area contributed by atoms with E-state index in [2.05, 4.69) is 10.3 Å². The Labute approximate surface area is 172 Å². The third-order valence-electron chi connectivity index (χ3n) is 4.63. The molecule has 0 unspecified atom stereocenters. The summed E-state index contributed by atoms with van der Waals surface area (Å²) in [6, 6.07) is 14.4. The maximum Gasteiger partial charge on any atom is 0.261 e. The lowest BCUT2D eigenvalue weighted by Crippen LogP contribution is -2.35. The second kappa shape index (κ2) is 8.12. The van der Waals surface area contributed by atoms with E-state index in [1.54, 1.807) is 30.5 Å². The molecule has 0 aliphatic carbocycles. The van der Waals surface area contributed by atoms with Gasteiger partial charge in [0.25, 0.3) is 11.8 Å². The normalized spacial score (nSPS) is 13.1. The molecular formula is C21H18ClN3O2S. The highest BCUT2D eigenvalue weighted by molar-refractivity contribution is 7.14. The summed E-state index contributed by atoms with van der Waals surface area (Å²) in [4.78, 5) is 33.1. The molecule has 0 saturated carbocycles. The SMILES string of the molecule is O=C(NCc1ccccn1)c1cc2c(s1)CCN(C(=O)c1ccc(Cl)cc1)C2. The highest BCUT2D eigenvalue weighted by Crippen LogP contribution is 2.29. The predicted octanol–water partition coefficient (Wildman–Crippen LogP) is 3.93. The first-order valence-electron chi connectivity index (χ1n) is 8.94. The van der Waals surface area contributed by atoms with E-state index in [9.17, 15) is 9.59 Å². The molecule has 2 amide bonds. The lowest BCUT2D eigenvalue weighted by Gasteiger charge is -2.27. The van der Waals surface area contributed by atoms with Crippen molar-refractivity contribution in [3.8, 4) is 0 Å². The Hall–Kier alpha value is -2.70. The molecule has 1 aromatic carbocycles. The Balaban J connectivity index is 1.42. The van der Waals surface area contributed by atoms with E-state index >= 15 is 0 Å². The first-order chi connectivity index (χ1) is 13.6. The van der Waals surface area contributed by atoms with Crippen LogP contribution in [0.25, 0.3) is 0 Å². The van der Waals surface area contributed by atoms with Gasteiger partial charge in [-0.05, 0) is 54.4 Å². The van der Waals surface area contributed by atoms with E-state index in [-0.39, 0.29) is 11.8 Å². The van der Waals surface area contributed by atoms with Crippen LogP contribution in [0.4, 0.5) is 0 Å². The number of hydrogen-bond acceptors (Lipinski definition) is 4. The van der Waals surface area contributed by atoms with Gasteiger partial charge in [-0.1, -0.05) is 17.7 Å². The average molecular weight is 412 g/mol. The second-order valence-corrected chi connectivity index (χ2v) is 8.12. The molecule has 4 rings (SSSR count). The highest BCUT2D eigenvalue weighted by Gasteiger charge is 2.25. The summed E-state index contributed by atoms with van der Waals surface area (Å²) in [5, 5.41) is 3.51. The number of benzene rings is 1. The van der Waals surface area contributed by atoms with Gasteiger partial charge in [0, 0.05) is 34.7 Å². The van der Waals surface area contributed by atoms with Crippen LogP contribution in [-0.4, -0.2) is 28.2 Å². The van der Waals surface area contributed by atoms with Crippen molar-refractivity contribution in [3.63, 3.8) is 0 Å². The molecule has 0 radical (unpaired) electrons. The van der Waals surface area contributed by atoms with E-state index < -0.39 is 0 Å². The Kier molecular flexibility index (Phi) is 5.41. The fourth-order valence-corrected chi connectivity index (χ4v) is 4.36. The molecule has 1 N–H and O–H groups in total. The van der Waals surface area contributed by atoms with Crippen LogP contribution in [0.3, 0.4) is 0 Å². The molecule has 5 nitrogen and oxygen atoms in total. The minimum atomic E-state index is -0.111. The van der Waals surface area contributed by atoms with Crippen molar-refractivity contribution in [2.24, 2.45) is 0 Å². The van der Waals surface area contributed by atoms with Crippen molar-refractivity contribution in [1.29, 1.82) is 0 Å². The highest BCUT2D eigenvalue weighted by atomic mass is 35.5. The van der Waals surface area contributed by atoms with Gasteiger partial charge >= 0.3 is 0 Å². The molecule has 28 heavy (non-hydrogen) atoms. The van der Waals surface area contributed by atoms with Crippen LogP contribution in [0, 0.1) is 0 Å². The number of hydrogen-bond donors (Lipinski definition) is 1. The number of aromatic nitrogens is 1. The molecule has 1 aliphatic rings. The Morgan fingerprint density at radius 1 is 1.18 bits per heavy atom. The van der Waals surface area contributed by atoms with Crippen molar-refractivity contribution < 1.29 is 9.59 Å². The fraction of sp³-hybridized carbons (Fsp3) is 0.190. The monoisotopic (exact) mass is 411 g/mol. The van der Waals surface area contributed by atoms with Gasteiger partial charge in [-0.3, -0.25) is 14.6 Å². The maximum absolute atomic E-state index is 12.7. The number of rotatable bonds is 4. The molecule has 3 aromatic rings. The van der Waals surface area contributed by atoms with Gasteiger partial charge in [0.2, 0.25) is 0 Å². The molecule has 1 aliphatic heterocycles. The predicted molar refractivity (Wildman–Crippen MR) is 110 cm³/mol. The lowest BCUT2D eigenvalue weighted by molar-refractivity contribution is 0.0736. The van der Waals surface area contributed by atoms with Crippen LogP contribution in [0.5, 0.6) is 0 Å². The van der Waals surface area contributed by atoms with Gasteiger partial charge in [-0.25, -0.2) is 0 Å². The van der Waals surface area contributed by atoms with Crippen molar-refractivity contribution in [2.45, 2.75) is 19.5 Å². The van der Waals surface area contributed by atoms with Crippen molar-refractivity contribution in [3.05, 3.63) is 86.3 Å². The van der Waals surface area contributed by atoms with Crippen LogP contribution in [0.2, 0.25) is 5.02 Å². The van der Waals surface area contributed by atoms with E-state index in [4.69, 9.17) is 11.6 Å². The zero-order valence-electron chi connectivity index (χ0n) is 15.0.